The lowest BCUT2D eigenvalue weighted by atomic mass is 9.73. The zero-order valence-electron chi connectivity index (χ0n) is 18.1. The average Bonchev–Trinajstić information content (AvgIpc) is 2.89. The van der Waals surface area contributed by atoms with Gasteiger partial charge in [-0.05, 0) is 55.4 Å². The van der Waals surface area contributed by atoms with Crippen LogP contribution >= 0.6 is 0 Å². The first-order valence-electron chi connectivity index (χ1n) is 10.6. The van der Waals surface area contributed by atoms with Gasteiger partial charge >= 0.3 is 0 Å². The van der Waals surface area contributed by atoms with E-state index in [2.05, 4.69) is 30.9 Å². The van der Waals surface area contributed by atoms with Gasteiger partial charge in [-0.2, -0.15) is 0 Å². The lowest BCUT2D eigenvalue weighted by molar-refractivity contribution is -0.128. The Kier molecular flexibility index (Phi) is 6.46. The molecular weight excluding hydrogens is 388 g/mol. The number of carbonyl (C=O) groups excluding carboxylic acids is 1. The third kappa shape index (κ3) is 5.05. The van der Waals surface area contributed by atoms with E-state index < -0.39 is 9.84 Å². The number of benzene rings is 1. The molecule has 0 N–H and O–H groups in total. The Labute approximate surface area is 175 Å². The monoisotopic (exact) mass is 422 g/mol. The molecule has 29 heavy (non-hydrogen) atoms. The third-order valence-corrected chi connectivity index (χ3v) is 7.83. The molecule has 3 heterocycles. The minimum absolute atomic E-state index is 0.0405. The van der Waals surface area contributed by atoms with Gasteiger partial charge in [-0.25, -0.2) is 8.42 Å². The van der Waals surface area contributed by atoms with Crippen molar-refractivity contribution >= 4 is 21.4 Å². The fraction of sp³-hybridized carbons (Fsp3) is 0.682. The number of ether oxygens (including phenoxy) is 1. The van der Waals surface area contributed by atoms with E-state index in [0.717, 1.165) is 24.4 Å². The molecule has 1 aromatic rings. The second-order valence-electron chi connectivity index (χ2n) is 9.04. The standard InChI is InChI=1S/C22H34N2O4S/c1-5-11-29(26,27)16-21(25)23-13-17-12-22(3,4)20(15-23)24(14-17)18-7-9-19(10-8-18)28-6-2/h7-10,17,20H,5-6,11-16H2,1-4H3/t17-,20-/m1/s1. The van der Waals surface area contributed by atoms with E-state index in [1.165, 1.54) is 0 Å². The summed E-state index contributed by atoms with van der Waals surface area (Å²) in [5.41, 5.74) is 1.17. The maximum Gasteiger partial charge on any atom is 0.237 e. The molecular formula is C22H34N2O4S. The summed E-state index contributed by atoms with van der Waals surface area (Å²) in [4.78, 5) is 17.0. The molecule has 0 spiro atoms. The molecule has 0 radical (unpaired) electrons. The van der Waals surface area contributed by atoms with Gasteiger partial charge in [0.15, 0.2) is 9.84 Å². The molecule has 3 aliphatic heterocycles. The summed E-state index contributed by atoms with van der Waals surface area (Å²) in [7, 11) is -3.33. The summed E-state index contributed by atoms with van der Waals surface area (Å²) in [6.45, 7) is 11.0. The SMILES string of the molecule is CCCS(=O)(=O)CC(=O)N1C[C@@H]2CN(c3ccc(OCC)cc3)[C@H](C1)C(C)(C)C2. The molecule has 0 aliphatic carbocycles. The molecule has 1 amide bonds. The van der Waals surface area contributed by atoms with Crippen LogP contribution in [0.25, 0.3) is 0 Å². The van der Waals surface area contributed by atoms with Crippen LogP contribution in [-0.4, -0.2) is 63.0 Å². The van der Waals surface area contributed by atoms with Crippen molar-refractivity contribution in [3.8, 4) is 5.75 Å². The highest BCUT2D eigenvalue weighted by Crippen LogP contribution is 2.43. The number of sulfone groups is 1. The van der Waals surface area contributed by atoms with Crippen LogP contribution < -0.4 is 9.64 Å². The van der Waals surface area contributed by atoms with E-state index in [0.29, 0.717) is 32.0 Å². The molecule has 3 aliphatic rings. The molecule has 3 saturated heterocycles. The zero-order chi connectivity index (χ0) is 21.2. The number of piperidine rings is 1. The van der Waals surface area contributed by atoms with Crippen molar-refractivity contribution in [2.24, 2.45) is 11.3 Å². The van der Waals surface area contributed by atoms with Gasteiger partial charge in [0, 0.05) is 25.3 Å². The van der Waals surface area contributed by atoms with Crippen molar-refractivity contribution in [3.63, 3.8) is 0 Å². The van der Waals surface area contributed by atoms with Crippen LogP contribution in [0.5, 0.6) is 5.75 Å². The Morgan fingerprint density at radius 1 is 1.14 bits per heavy atom. The van der Waals surface area contributed by atoms with Crippen molar-refractivity contribution in [2.75, 3.05) is 42.6 Å². The second kappa shape index (κ2) is 8.54. The Balaban J connectivity index is 1.81. The van der Waals surface area contributed by atoms with Crippen molar-refractivity contribution in [2.45, 2.75) is 46.6 Å². The zero-order valence-corrected chi connectivity index (χ0v) is 18.9. The number of rotatable bonds is 7. The van der Waals surface area contributed by atoms with Crippen LogP contribution in [-0.2, 0) is 14.6 Å². The van der Waals surface area contributed by atoms with Crippen LogP contribution in [0.3, 0.4) is 0 Å². The molecule has 3 fully saturated rings. The summed E-state index contributed by atoms with van der Waals surface area (Å²) in [5, 5.41) is 0. The molecule has 6 nitrogen and oxygen atoms in total. The number of carbonyl (C=O) groups is 1. The molecule has 2 bridgehead atoms. The predicted molar refractivity (Wildman–Crippen MR) is 116 cm³/mol. The normalized spacial score (nSPS) is 23.7. The second-order valence-corrected chi connectivity index (χ2v) is 11.2. The number of nitrogens with zero attached hydrogens (tertiary/aromatic N) is 2. The first kappa shape index (κ1) is 21.9. The fourth-order valence-electron chi connectivity index (χ4n) is 4.89. The van der Waals surface area contributed by atoms with Gasteiger partial charge in [0.05, 0.1) is 18.4 Å². The molecule has 0 unspecified atom stereocenters. The van der Waals surface area contributed by atoms with Gasteiger partial charge in [-0.3, -0.25) is 4.79 Å². The van der Waals surface area contributed by atoms with E-state index in [1.807, 2.05) is 26.0 Å². The van der Waals surface area contributed by atoms with E-state index in [4.69, 9.17) is 4.74 Å². The van der Waals surface area contributed by atoms with Crippen LogP contribution in [0, 0.1) is 11.3 Å². The molecule has 0 saturated carbocycles. The lowest BCUT2D eigenvalue weighted by Gasteiger charge is -2.48. The lowest BCUT2D eigenvalue weighted by Crippen LogP contribution is -2.54. The number of hydrogen-bond acceptors (Lipinski definition) is 5. The smallest absolute Gasteiger partial charge is 0.237 e. The Bertz CT molecular complexity index is 820. The number of amides is 1. The summed E-state index contributed by atoms with van der Waals surface area (Å²) in [6, 6.07) is 8.30. The van der Waals surface area contributed by atoms with E-state index >= 15 is 0 Å². The summed E-state index contributed by atoms with van der Waals surface area (Å²) in [5.74, 6) is 0.633. The van der Waals surface area contributed by atoms with E-state index in [9.17, 15) is 13.2 Å². The average molecular weight is 423 g/mol. The van der Waals surface area contributed by atoms with Gasteiger partial charge in [0.25, 0.3) is 0 Å². The summed E-state index contributed by atoms with van der Waals surface area (Å²) < 4.78 is 29.9. The highest BCUT2D eigenvalue weighted by molar-refractivity contribution is 7.92. The number of hydrogen-bond donors (Lipinski definition) is 0. The number of anilines is 1. The first-order valence-corrected chi connectivity index (χ1v) is 12.4. The van der Waals surface area contributed by atoms with Crippen LogP contribution in [0.15, 0.2) is 24.3 Å². The molecule has 0 aromatic heterocycles. The first-order chi connectivity index (χ1) is 13.6. The highest BCUT2D eigenvalue weighted by Gasteiger charge is 2.46. The molecule has 1 aromatic carbocycles. The van der Waals surface area contributed by atoms with Crippen LogP contribution in [0.1, 0.15) is 40.5 Å². The van der Waals surface area contributed by atoms with Crippen LogP contribution in [0.2, 0.25) is 0 Å². The Morgan fingerprint density at radius 2 is 1.83 bits per heavy atom. The van der Waals surface area contributed by atoms with Crippen LogP contribution in [0.4, 0.5) is 5.69 Å². The highest BCUT2D eigenvalue weighted by atomic mass is 32.2. The Morgan fingerprint density at radius 3 is 2.45 bits per heavy atom. The minimum atomic E-state index is -3.33. The van der Waals surface area contributed by atoms with Crippen molar-refractivity contribution in [1.82, 2.24) is 4.90 Å². The van der Waals surface area contributed by atoms with Crippen molar-refractivity contribution < 1.29 is 17.9 Å². The van der Waals surface area contributed by atoms with Gasteiger partial charge in [0.2, 0.25) is 5.91 Å². The maximum absolute atomic E-state index is 12.8. The maximum atomic E-state index is 12.8. The molecule has 7 heteroatoms. The predicted octanol–water partition coefficient (Wildman–Crippen LogP) is 2.97. The molecule has 4 rings (SSSR count). The molecule has 2 atom stereocenters. The largest absolute Gasteiger partial charge is 0.494 e. The van der Waals surface area contributed by atoms with E-state index in [1.54, 1.807) is 4.90 Å². The fourth-order valence-corrected chi connectivity index (χ4v) is 6.21. The van der Waals surface area contributed by atoms with Crippen molar-refractivity contribution in [1.29, 1.82) is 0 Å². The summed E-state index contributed by atoms with van der Waals surface area (Å²) in [6.07, 6.45) is 1.58. The van der Waals surface area contributed by atoms with Gasteiger partial charge in [-0.1, -0.05) is 20.8 Å². The molecule has 162 valence electrons. The van der Waals surface area contributed by atoms with Gasteiger partial charge in [0.1, 0.15) is 11.5 Å². The van der Waals surface area contributed by atoms with E-state index in [-0.39, 0.29) is 28.9 Å². The summed E-state index contributed by atoms with van der Waals surface area (Å²) >= 11 is 0. The van der Waals surface area contributed by atoms with Crippen molar-refractivity contribution in [3.05, 3.63) is 24.3 Å². The van der Waals surface area contributed by atoms with Gasteiger partial charge in [-0.15, -0.1) is 0 Å². The topological polar surface area (TPSA) is 66.9 Å². The Hall–Kier alpha value is -1.76. The quantitative estimate of drug-likeness (QED) is 0.676. The van der Waals surface area contributed by atoms with Gasteiger partial charge < -0.3 is 14.5 Å². The third-order valence-electron chi connectivity index (χ3n) is 6.11. The minimum Gasteiger partial charge on any atom is -0.494 e. The number of fused-ring (bicyclic) bond motifs is 4.